The average Bonchev–Trinajstić information content (AvgIpc) is 3.62. The number of carbonyl (C=O) groups is 2. The van der Waals surface area contributed by atoms with Crippen LogP contribution in [-0.4, -0.2) is 92.5 Å². The Balaban J connectivity index is 0.000000704. The number of sulfonamides is 2. The second kappa shape index (κ2) is 18.6. The number of methoxy groups -OCH3 is 1. The smallest absolute Gasteiger partial charge is 0.870 e. The Bertz CT molecular complexity index is 1280. The van der Waals surface area contributed by atoms with Crippen LogP contribution in [0, 0.1) is 0 Å². The number of rotatable bonds is 8. The first-order valence-corrected chi connectivity index (χ1v) is 15.6. The summed E-state index contributed by atoms with van der Waals surface area (Å²) in [6.07, 6.45) is 2.21. The number of ether oxygens (including phenoxy) is 1. The standard InChI is InChI=1S/C13H17NO4S.C12H15NO4S.CH4O.Na.H2O/c1-18-13(15)12-8-5-9-14(12)19(16,17)10-11-6-3-2-4-7-11;14-12(15)11-7-4-8-13(11)18(16,17)9-10-5-2-1-3-6-10;1-2;;/h2-4,6-7,12H,5,8-10H2,1H3;1-3,5-6,11H,4,7-9H2,(H,14,15);2H,1H3;;1H2/q;;;+1;/p-1/t12-;11-;;;/m00.../s1. The van der Waals surface area contributed by atoms with Gasteiger partial charge in [0.2, 0.25) is 20.0 Å². The van der Waals surface area contributed by atoms with E-state index in [1.54, 1.807) is 48.5 Å². The van der Waals surface area contributed by atoms with Crippen molar-refractivity contribution < 1.29 is 76.4 Å². The molecule has 2 aliphatic rings. The van der Waals surface area contributed by atoms with Crippen molar-refractivity contribution in [2.24, 2.45) is 0 Å². The first-order valence-electron chi connectivity index (χ1n) is 12.4. The number of carboxylic acid groups (broad SMARTS) is 1. The molecule has 224 valence electrons. The van der Waals surface area contributed by atoms with Crippen LogP contribution in [0.25, 0.3) is 0 Å². The predicted molar refractivity (Wildman–Crippen MR) is 147 cm³/mol. The molecule has 41 heavy (non-hydrogen) atoms. The Kier molecular flexibility index (Phi) is 17.8. The molecule has 0 spiro atoms. The minimum atomic E-state index is -3.55. The van der Waals surface area contributed by atoms with Gasteiger partial charge in [-0.3, -0.25) is 9.59 Å². The molecule has 2 aromatic carbocycles. The molecule has 0 radical (unpaired) electrons. The number of esters is 1. The summed E-state index contributed by atoms with van der Waals surface area (Å²) in [6, 6.07) is 16.2. The monoisotopic (exact) mass is 624 g/mol. The van der Waals surface area contributed by atoms with Crippen LogP contribution < -0.4 is 29.6 Å². The quantitative estimate of drug-likeness (QED) is 0.263. The number of carbonyl (C=O) groups excluding carboxylic acids is 1. The number of carboxylic acids is 1. The Labute approximate surface area is 264 Å². The Morgan fingerprint density at radius 2 is 1.15 bits per heavy atom. The summed E-state index contributed by atoms with van der Waals surface area (Å²) in [4.78, 5) is 22.6. The molecule has 2 aliphatic heterocycles. The van der Waals surface area contributed by atoms with Gasteiger partial charge < -0.3 is 20.4 Å². The zero-order chi connectivity index (χ0) is 29.1. The summed E-state index contributed by atoms with van der Waals surface area (Å²) >= 11 is 0. The molecule has 3 N–H and O–H groups in total. The number of nitrogens with zero attached hydrogens (tertiary/aromatic N) is 2. The van der Waals surface area contributed by atoms with E-state index in [2.05, 4.69) is 4.74 Å². The topological polar surface area (TPSA) is 189 Å². The molecule has 0 bridgehead atoms. The maximum Gasteiger partial charge on any atom is 1.00 e. The fourth-order valence-corrected chi connectivity index (χ4v) is 8.04. The Morgan fingerprint density at radius 3 is 1.51 bits per heavy atom. The zero-order valence-electron chi connectivity index (χ0n) is 23.5. The average molecular weight is 625 g/mol. The summed E-state index contributed by atoms with van der Waals surface area (Å²) in [5, 5.41) is 16.0. The molecule has 2 atom stereocenters. The van der Waals surface area contributed by atoms with Gasteiger partial charge in [-0.15, -0.1) is 0 Å². The molecule has 4 rings (SSSR count). The van der Waals surface area contributed by atoms with Crippen molar-refractivity contribution >= 4 is 32.0 Å². The first kappa shape index (κ1) is 39.1. The molecule has 0 aliphatic carbocycles. The molecular formula is C26H37N2NaO10S2. The molecule has 2 aromatic rings. The molecule has 0 unspecified atom stereocenters. The van der Waals surface area contributed by atoms with Crippen LogP contribution in [-0.2, 0) is 45.9 Å². The van der Waals surface area contributed by atoms with Crippen molar-refractivity contribution in [2.75, 3.05) is 27.3 Å². The third-order valence-corrected chi connectivity index (χ3v) is 9.96. The largest absolute Gasteiger partial charge is 1.00 e. The fraction of sp³-hybridized carbons (Fsp3) is 0.462. The number of aliphatic hydroxyl groups excluding tert-OH is 1. The minimum Gasteiger partial charge on any atom is -0.870 e. The van der Waals surface area contributed by atoms with E-state index in [1.807, 2.05) is 12.1 Å². The Hall–Kier alpha value is -1.88. The van der Waals surface area contributed by atoms with Crippen LogP contribution in [0.3, 0.4) is 0 Å². The molecule has 2 saturated heterocycles. The van der Waals surface area contributed by atoms with E-state index in [1.165, 1.54) is 11.4 Å². The first-order chi connectivity index (χ1) is 18.5. The van der Waals surface area contributed by atoms with Crippen LogP contribution in [0.1, 0.15) is 36.8 Å². The van der Waals surface area contributed by atoms with Gasteiger partial charge in [0.15, 0.2) is 0 Å². The number of hydrogen-bond donors (Lipinski definition) is 2. The van der Waals surface area contributed by atoms with Gasteiger partial charge in [0, 0.05) is 20.2 Å². The summed E-state index contributed by atoms with van der Waals surface area (Å²) < 4.78 is 56.1. The predicted octanol–water partition coefficient (Wildman–Crippen LogP) is -1.35. The third kappa shape index (κ3) is 11.4. The molecule has 2 heterocycles. The van der Waals surface area contributed by atoms with E-state index < -0.39 is 44.1 Å². The molecule has 12 nitrogen and oxygen atoms in total. The minimum absolute atomic E-state index is 0. The van der Waals surface area contributed by atoms with Crippen LogP contribution in [0.2, 0.25) is 0 Å². The molecular weight excluding hydrogens is 587 g/mol. The second-order valence-corrected chi connectivity index (χ2v) is 12.7. The van der Waals surface area contributed by atoms with Gasteiger partial charge in [0.05, 0.1) is 18.6 Å². The van der Waals surface area contributed by atoms with E-state index in [0.717, 1.165) is 17.0 Å². The van der Waals surface area contributed by atoms with Crippen molar-refractivity contribution in [3.8, 4) is 0 Å². The number of benzene rings is 2. The van der Waals surface area contributed by atoms with Crippen LogP contribution in [0.4, 0.5) is 0 Å². The number of aliphatic carboxylic acids is 1. The summed E-state index contributed by atoms with van der Waals surface area (Å²) in [5.41, 5.74) is 1.39. The van der Waals surface area contributed by atoms with Gasteiger partial charge in [-0.2, -0.15) is 8.61 Å². The van der Waals surface area contributed by atoms with Crippen molar-refractivity contribution in [3.05, 3.63) is 71.8 Å². The van der Waals surface area contributed by atoms with E-state index in [9.17, 15) is 26.4 Å². The molecule has 2 fully saturated rings. The molecule has 15 heteroatoms. The third-order valence-electron chi connectivity index (χ3n) is 6.26. The number of hydrogen-bond acceptors (Lipinski definition) is 9. The molecule has 0 saturated carbocycles. The van der Waals surface area contributed by atoms with E-state index in [-0.39, 0.29) is 46.5 Å². The second-order valence-electron chi connectivity index (χ2n) is 8.88. The van der Waals surface area contributed by atoms with Gasteiger partial charge in [-0.05, 0) is 36.8 Å². The number of aliphatic hydroxyl groups is 1. The summed E-state index contributed by atoms with van der Waals surface area (Å²) in [7, 11) is -4.76. The van der Waals surface area contributed by atoms with Crippen LogP contribution in [0.5, 0.6) is 0 Å². The van der Waals surface area contributed by atoms with E-state index in [4.69, 9.17) is 10.2 Å². The summed E-state index contributed by atoms with van der Waals surface area (Å²) in [6.45, 7) is 0.682. The van der Waals surface area contributed by atoms with Gasteiger partial charge in [0.25, 0.3) is 0 Å². The zero-order valence-corrected chi connectivity index (χ0v) is 27.1. The van der Waals surface area contributed by atoms with Gasteiger partial charge >= 0.3 is 41.5 Å². The fourth-order valence-electron chi connectivity index (χ4n) is 4.50. The normalized spacial score (nSPS) is 18.8. The molecule has 0 aromatic heterocycles. The molecule has 0 amide bonds. The van der Waals surface area contributed by atoms with E-state index in [0.29, 0.717) is 44.3 Å². The maximum absolute atomic E-state index is 12.4. The van der Waals surface area contributed by atoms with Crippen molar-refractivity contribution in [1.82, 2.24) is 8.61 Å². The van der Waals surface area contributed by atoms with Crippen LogP contribution in [0.15, 0.2) is 60.7 Å². The van der Waals surface area contributed by atoms with Crippen molar-refractivity contribution in [1.29, 1.82) is 0 Å². The van der Waals surface area contributed by atoms with Crippen molar-refractivity contribution in [3.63, 3.8) is 0 Å². The maximum atomic E-state index is 12.4. The van der Waals surface area contributed by atoms with Gasteiger partial charge in [-0.1, -0.05) is 60.7 Å². The van der Waals surface area contributed by atoms with Crippen molar-refractivity contribution in [2.45, 2.75) is 49.3 Å². The van der Waals surface area contributed by atoms with Gasteiger partial charge in [-0.25, -0.2) is 16.8 Å². The van der Waals surface area contributed by atoms with E-state index >= 15 is 0 Å². The SMILES string of the molecule is CO.COC(=O)[C@@H]1CCCN1S(=O)(=O)Cc1ccccc1.O=C(O)[C@@H]1CCCN1S(=O)(=O)Cc1ccccc1.[Na+].[OH-]. The van der Waals surface area contributed by atoms with Gasteiger partial charge in [0.1, 0.15) is 12.1 Å². The summed E-state index contributed by atoms with van der Waals surface area (Å²) in [5.74, 6) is -1.77. The Morgan fingerprint density at radius 1 is 0.780 bits per heavy atom. The van der Waals surface area contributed by atoms with Crippen LogP contribution >= 0.6 is 0 Å².